The molecule has 0 spiro atoms. The SMILES string of the molecule is C=C[C@H]1OC(CO)CCC1P. The molecule has 0 aromatic carbocycles. The molecule has 1 N–H and O–H groups in total. The Bertz CT molecular complexity index is 138. The molecule has 3 heteroatoms. The number of aliphatic hydroxyl groups is 1. The first-order chi connectivity index (χ1) is 5.27. The smallest absolute Gasteiger partial charge is 0.0820 e. The van der Waals surface area contributed by atoms with Gasteiger partial charge in [0.1, 0.15) is 0 Å². The predicted octanol–water partition coefficient (Wildman–Crippen LogP) is 0.956. The summed E-state index contributed by atoms with van der Waals surface area (Å²) in [5.74, 6) is 0. The van der Waals surface area contributed by atoms with Gasteiger partial charge in [0.15, 0.2) is 0 Å². The van der Waals surface area contributed by atoms with Crippen LogP contribution in [0.4, 0.5) is 0 Å². The minimum atomic E-state index is 0.0230. The van der Waals surface area contributed by atoms with E-state index in [0.29, 0.717) is 5.66 Å². The van der Waals surface area contributed by atoms with Crippen LogP contribution in [0.5, 0.6) is 0 Å². The second kappa shape index (κ2) is 4.20. The Morgan fingerprint density at radius 3 is 2.91 bits per heavy atom. The molecule has 1 saturated heterocycles. The molecule has 1 aliphatic heterocycles. The monoisotopic (exact) mass is 174 g/mol. The van der Waals surface area contributed by atoms with Gasteiger partial charge in [-0.2, -0.15) is 0 Å². The van der Waals surface area contributed by atoms with Crippen molar-refractivity contribution >= 4 is 9.24 Å². The molecule has 2 nitrogen and oxygen atoms in total. The molecule has 1 heterocycles. The van der Waals surface area contributed by atoms with Gasteiger partial charge in [-0.05, 0) is 12.8 Å². The molecule has 3 unspecified atom stereocenters. The summed E-state index contributed by atoms with van der Waals surface area (Å²) in [5.41, 5.74) is 0.468. The van der Waals surface area contributed by atoms with Crippen molar-refractivity contribution in [2.24, 2.45) is 0 Å². The van der Waals surface area contributed by atoms with Crippen LogP contribution in [0, 0.1) is 0 Å². The van der Waals surface area contributed by atoms with Gasteiger partial charge >= 0.3 is 0 Å². The van der Waals surface area contributed by atoms with Gasteiger partial charge in [0.2, 0.25) is 0 Å². The fraction of sp³-hybridized carbons (Fsp3) is 0.750. The molecule has 0 saturated carbocycles. The second-order valence-corrected chi connectivity index (χ2v) is 3.74. The zero-order valence-electron chi connectivity index (χ0n) is 6.57. The minimum absolute atomic E-state index is 0.0230. The third-order valence-corrected chi connectivity index (χ3v) is 2.74. The summed E-state index contributed by atoms with van der Waals surface area (Å²) in [6.45, 7) is 3.81. The summed E-state index contributed by atoms with van der Waals surface area (Å²) in [6.07, 6.45) is 3.97. The van der Waals surface area contributed by atoms with Crippen molar-refractivity contribution in [3.8, 4) is 0 Å². The van der Waals surface area contributed by atoms with Crippen molar-refractivity contribution in [2.45, 2.75) is 30.7 Å². The zero-order valence-corrected chi connectivity index (χ0v) is 7.73. The Morgan fingerprint density at radius 1 is 1.64 bits per heavy atom. The Labute approximate surface area is 69.8 Å². The molecule has 0 aliphatic carbocycles. The maximum absolute atomic E-state index is 8.82. The number of ether oxygens (including phenoxy) is 1. The van der Waals surface area contributed by atoms with Gasteiger partial charge in [-0.1, -0.05) is 6.08 Å². The lowest BCUT2D eigenvalue weighted by atomic mass is 10.0. The molecule has 0 bridgehead atoms. The van der Waals surface area contributed by atoms with Crippen LogP contribution < -0.4 is 0 Å². The highest BCUT2D eigenvalue weighted by Crippen LogP contribution is 2.25. The van der Waals surface area contributed by atoms with E-state index < -0.39 is 0 Å². The quantitative estimate of drug-likeness (QED) is 0.499. The summed E-state index contributed by atoms with van der Waals surface area (Å²) in [6, 6.07) is 0. The molecule has 1 aliphatic rings. The van der Waals surface area contributed by atoms with Crippen molar-refractivity contribution in [3.05, 3.63) is 12.7 Å². The van der Waals surface area contributed by atoms with Crippen molar-refractivity contribution in [3.63, 3.8) is 0 Å². The second-order valence-electron chi connectivity index (χ2n) is 2.88. The number of hydrogen-bond acceptors (Lipinski definition) is 2. The van der Waals surface area contributed by atoms with Crippen molar-refractivity contribution in [1.82, 2.24) is 0 Å². The maximum atomic E-state index is 8.82. The van der Waals surface area contributed by atoms with E-state index in [4.69, 9.17) is 9.84 Å². The molecule has 1 rings (SSSR count). The standard InChI is InChI=1S/C8H15O2P/c1-2-7-8(11)4-3-6(5-9)10-7/h2,6-9H,1,3-5,11H2/t6?,7-,8?/m1/s1. The lowest BCUT2D eigenvalue weighted by Gasteiger charge is -2.31. The van der Waals surface area contributed by atoms with E-state index in [0.717, 1.165) is 12.8 Å². The van der Waals surface area contributed by atoms with E-state index in [1.807, 2.05) is 0 Å². The lowest BCUT2D eigenvalue weighted by Crippen LogP contribution is -2.35. The van der Waals surface area contributed by atoms with Crippen LogP contribution >= 0.6 is 9.24 Å². The summed E-state index contributed by atoms with van der Waals surface area (Å²) in [4.78, 5) is 0. The van der Waals surface area contributed by atoms with Gasteiger partial charge in [-0.3, -0.25) is 0 Å². The van der Waals surface area contributed by atoms with Crippen LogP contribution in [0.3, 0.4) is 0 Å². The highest BCUT2D eigenvalue weighted by Gasteiger charge is 2.25. The highest BCUT2D eigenvalue weighted by atomic mass is 31.0. The summed E-state index contributed by atoms with van der Waals surface area (Å²) in [7, 11) is 2.75. The molecule has 1 fully saturated rings. The third-order valence-electron chi connectivity index (χ3n) is 2.03. The first-order valence-corrected chi connectivity index (χ1v) is 4.59. The van der Waals surface area contributed by atoms with E-state index in [-0.39, 0.29) is 18.8 Å². The molecule has 11 heavy (non-hydrogen) atoms. The molecule has 0 amide bonds. The Kier molecular flexibility index (Phi) is 3.50. The number of rotatable bonds is 2. The lowest BCUT2D eigenvalue weighted by molar-refractivity contribution is -0.0475. The molecular weight excluding hydrogens is 159 g/mol. The van der Waals surface area contributed by atoms with E-state index in [1.54, 1.807) is 6.08 Å². The largest absolute Gasteiger partial charge is 0.394 e. The fourth-order valence-corrected chi connectivity index (χ4v) is 1.74. The zero-order chi connectivity index (χ0) is 8.27. The van der Waals surface area contributed by atoms with E-state index in [1.165, 1.54) is 0 Å². The molecule has 0 aromatic rings. The normalized spacial score (nSPS) is 38.5. The topological polar surface area (TPSA) is 29.5 Å². The molecule has 0 radical (unpaired) electrons. The summed E-state index contributed by atoms with van der Waals surface area (Å²) in [5, 5.41) is 8.82. The van der Waals surface area contributed by atoms with Crippen molar-refractivity contribution < 1.29 is 9.84 Å². The third kappa shape index (κ3) is 2.26. The molecular formula is C8H15O2P. The maximum Gasteiger partial charge on any atom is 0.0820 e. The molecule has 0 aromatic heterocycles. The Balaban J connectivity index is 2.43. The minimum Gasteiger partial charge on any atom is -0.394 e. The predicted molar refractivity (Wildman–Crippen MR) is 48.7 cm³/mol. The van der Waals surface area contributed by atoms with Crippen molar-refractivity contribution in [2.75, 3.05) is 6.61 Å². The molecule has 4 atom stereocenters. The first kappa shape index (κ1) is 9.18. The van der Waals surface area contributed by atoms with Crippen LogP contribution in [-0.4, -0.2) is 29.6 Å². The number of hydrogen-bond donors (Lipinski definition) is 1. The van der Waals surface area contributed by atoms with Crippen LogP contribution in [0.25, 0.3) is 0 Å². The van der Waals surface area contributed by atoms with Gasteiger partial charge in [0, 0.05) is 5.66 Å². The van der Waals surface area contributed by atoms with E-state index in [9.17, 15) is 0 Å². The Morgan fingerprint density at radius 2 is 2.36 bits per heavy atom. The van der Waals surface area contributed by atoms with Gasteiger partial charge in [0.05, 0.1) is 18.8 Å². The van der Waals surface area contributed by atoms with Crippen LogP contribution in [-0.2, 0) is 4.74 Å². The average molecular weight is 174 g/mol. The van der Waals surface area contributed by atoms with E-state index >= 15 is 0 Å². The average Bonchev–Trinajstić information content (AvgIpc) is 2.05. The van der Waals surface area contributed by atoms with Crippen LogP contribution in [0.15, 0.2) is 12.7 Å². The van der Waals surface area contributed by atoms with Crippen molar-refractivity contribution in [1.29, 1.82) is 0 Å². The number of aliphatic hydroxyl groups excluding tert-OH is 1. The van der Waals surface area contributed by atoms with Gasteiger partial charge in [-0.15, -0.1) is 15.8 Å². The van der Waals surface area contributed by atoms with E-state index in [2.05, 4.69) is 15.8 Å². The first-order valence-electron chi connectivity index (χ1n) is 3.92. The fourth-order valence-electron chi connectivity index (χ4n) is 1.30. The Hall–Kier alpha value is 0.0900. The van der Waals surface area contributed by atoms with Gasteiger partial charge < -0.3 is 9.84 Å². The van der Waals surface area contributed by atoms with Crippen LogP contribution in [0.2, 0.25) is 0 Å². The van der Waals surface area contributed by atoms with Gasteiger partial charge in [-0.25, -0.2) is 0 Å². The summed E-state index contributed by atoms with van der Waals surface area (Å²) < 4.78 is 5.51. The van der Waals surface area contributed by atoms with Crippen LogP contribution in [0.1, 0.15) is 12.8 Å². The van der Waals surface area contributed by atoms with Gasteiger partial charge in [0.25, 0.3) is 0 Å². The molecule has 64 valence electrons. The highest BCUT2D eigenvalue weighted by molar-refractivity contribution is 7.17. The summed E-state index contributed by atoms with van der Waals surface area (Å²) >= 11 is 0.